The standard InChI is InChI=1S/C22H22ClN5O2S/c1-15-8-16(14-28(15)31(29,30)22-5-3-2-4-20(22)23)13-27-21-7-6-17(9-18(21)12-26-27)19-10-24-25-11-19/h2-7,9-12,15-16H,8,13-14H2,1H3,(H,24,25)/t15-,16-/m1/s1. The summed E-state index contributed by atoms with van der Waals surface area (Å²) >= 11 is 6.18. The summed E-state index contributed by atoms with van der Waals surface area (Å²) in [5.74, 6) is 0.170. The molecule has 0 unspecified atom stereocenters. The summed E-state index contributed by atoms with van der Waals surface area (Å²) in [4.78, 5) is 0.167. The first-order chi connectivity index (χ1) is 14.9. The van der Waals surface area contributed by atoms with E-state index in [-0.39, 0.29) is 21.9 Å². The molecule has 0 amide bonds. The molecule has 1 saturated heterocycles. The molecule has 2 aromatic heterocycles. The Kier molecular flexibility index (Phi) is 5.08. The molecule has 31 heavy (non-hydrogen) atoms. The molecule has 4 aromatic rings. The predicted octanol–water partition coefficient (Wildman–Crippen LogP) is 4.18. The van der Waals surface area contributed by atoms with E-state index in [0.717, 1.165) is 28.5 Å². The highest BCUT2D eigenvalue weighted by Gasteiger charge is 2.38. The minimum atomic E-state index is -3.64. The van der Waals surface area contributed by atoms with Crippen LogP contribution in [0.3, 0.4) is 0 Å². The fourth-order valence-corrected chi connectivity index (χ4v) is 6.63. The number of hydrogen-bond acceptors (Lipinski definition) is 4. The van der Waals surface area contributed by atoms with Gasteiger partial charge in [-0.1, -0.05) is 29.8 Å². The largest absolute Gasteiger partial charge is 0.285 e. The van der Waals surface area contributed by atoms with E-state index < -0.39 is 10.0 Å². The van der Waals surface area contributed by atoms with Crippen LogP contribution >= 0.6 is 11.6 Å². The zero-order valence-corrected chi connectivity index (χ0v) is 18.5. The normalized spacial score (nSPS) is 19.9. The quantitative estimate of drug-likeness (QED) is 0.489. The van der Waals surface area contributed by atoms with Gasteiger partial charge < -0.3 is 0 Å². The average molecular weight is 456 g/mol. The minimum absolute atomic E-state index is 0.0965. The van der Waals surface area contributed by atoms with Gasteiger partial charge in [-0.3, -0.25) is 9.78 Å². The minimum Gasteiger partial charge on any atom is -0.285 e. The number of benzene rings is 2. The second-order valence-corrected chi connectivity index (χ2v) is 10.3. The maximum absolute atomic E-state index is 13.2. The molecule has 2 aromatic carbocycles. The number of hydrogen-bond donors (Lipinski definition) is 1. The lowest BCUT2D eigenvalue weighted by Crippen LogP contribution is -2.34. The van der Waals surface area contributed by atoms with Crippen molar-refractivity contribution >= 4 is 32.5 Å². The Morgan fingerprint density at radius 1 is 1.16 bits per heavy atom. The molecule has 5 rings (SSSR count). The maximum Gasteiger partial charge on any atom is 0.244 e. The van der Waals surface area contributed by atoms with Crippen LogP contribution < -0.4 is 0 Å². The van der Waals surface area contributed by atoms with Gasteiger partial charge >= 0.3 is 0 Å². The molecule has 9 heteroatoms. The molecule has 0 bridgehead atoms. The molecule has 1 aliphatic rings. The Labute approximate surface area is 185 Å². The molecule has 160 valence electrons. The monoisotopic (exact) mass is 455 g/mol. The van der Waals surface area contributed by atoms with E-state index in [4.69, 9.17) is 11.6 Å². The lowest BCUT2D eigenvalue weighted by Gasteiger charge is -2.21. The van der Waals surface area contributed by atoms with Gasteiger partial charge in [-0.05, 0) is 49.1 Å². The van der Waals surface area contributed by atoms with Gasteiger partial charge in [-0.2, -0.15) is 14.5 Å². The Morgan fingerprint density at radius 3 is 2.77 bits per heavy atom. The van der Waals surface area contributed by atoms with Crippen LogP contribution in [-0.4, -0.2) is 45.3 Å². The maximum atomic E-state index is 13.2. The molecule has 0 aliphatic carbocycles. The number of nitrogens with zero attached hydrogens (tertiary/aromatic N) is 4. The van der Waals surface area contributed by atoms with Crippen LogP contribution in [0.2, 0.25) is 5.02 Å². The van der Waals surface area contributed by atoms with E-state index >= 15 is 0 Å². The summed E-state index contributed by atoms with van der Waals surface area (Å²) < 4.78 is 29.9. The number of sulfonamides is 1. The number of aromatic nitrogens is 4. The van der Waals surface area contributed by atoms with Crippen molar-refractivity contribution in [2.45, 2.75) is 30.8 Å². The van der Waals surface area contributed by atoms with Crippen LogP contribution in [0.5, 0.6) is 0 Å². The van der Waals surface area contributed by atoms with Gasteiger partial charge in [-0.15, -0.1) is 0 Å². The number of rotatable bonds is 5. The SMILES string of the molecule is C[C@@H]1C[C@H](Cn2ncc3cc(-c4cn[nH]c4)ccc32)CN1S(=O)(=O)c1ccccc1Cl. The van der Waals surface area contributed by atoms with E-state index in [0.29, 0.717) is 13.1 Å². The third-order valence-electron chi connectivity index (χ3n) is 5.93. The van der Waals surface area contributed by atoms with E-state index in [1.54, 1.807) is 34.8 Å². The van der Waals surface area contributed by atoms with Crippen LogP contribution in [-0.2, 0) is 16.6 Å². The number of H-pyrrole nitrogens is 1. The number of aromatic amines is 1. The van der Waals surface area contributed by atoms with Crippen LogP contribution in [0.15, 0.2) is 66.0 Å². The topological polar surface area (TPSA) is 83.9 Å². The van der Waals surface area contributed by atoms with Crippen molar-refractivity contribution in [3.8, 4) is 11.1 Å². The lowest BCUT2D eigenvalue weighted by atomic mass is 10.1. The van der Waals surface area contributed by atoms with Crippen molar-refractivity contribution in [1.29, 1.82) is 0 Å². The van der Waals surface area contributed by atoms with E-state index in [1.807, 2.05) is 24.0 Å². The zero-order chi connectivity index (χ0) is 21.6. The van der Waals surface area contributed by atoms with Crippen LogP contribution in [0.1, 0.15) is 13.3 Å². The van der Waals surface area contributed by atoms with E-state index in [2.05, 4.69) is 33.5 Å². The van der Waals surface area contributed by atoms with Crippen molar-refractivity contribution in [2.75, 3.05) is 6.54 Å². The highest BCUT2D eigenvalue weighted by Crippen LogP contribution is 2.33. The van der Waals surface area contributed by atoms with E-state index in [1.165, 1.54) is 0 Å². The Balaban J connectivity index is 1.37. The molecule has 0 radical (unpaired) electrons. The van der Waals surface area contributed by atoms with Gasteiger partial charge in [0.1, 0.15) is 4.90 Å². The summed E-state index contributed by atoms with van der Waals surface area (Å²) in [6.07, 6.45) is 6.28. The summed E-state index contributed by atoms with van der Waals surface area (Å²) in [6, 6.07) is 12.7. The summed E-state index contributed by atoms with van der Waals surface area (Å²) in [5, 5.41) is 12.7. The molecule has 3 heterocycles. The number of halogens is 1. The van der Waals surface area contributed by atoms with E-state index in [9.17, 15) is 8.42 Å². The Morgan fingerprint density at radius 2 is 2.00 bits per heavy atom. The van der Waals surface area contributed by atoms with Gasteiger partial charge in [0.05, 0.1) is 22.9 Å². The molecule has 1 N–H and O–H groups in total. The third-order valence-corrected chi connectivity index (χ3v) is 8.41. The molecule has 0 saturated carbocycles. The average Bonchev–Trinajstić information content (AvgIpc) is 3.49. The van der Waals surface area contributed by atoms with Crippen molar-refractivity contribution in [1.82, 2.24) is 24.3 Å². The van der Waals surface area contributed by atoms with Gasteiger partial charge in [0.2, 0.25) is 10.0 Å². The molecular formula is C22H22ClN5O2S. The fraction of sp³-hybridized carbons (Fsp3) is 0.273. The second kappa shape index (κ2) is 7.78. The molecule has 0 spiro atoms. The first-order valence-electron chi connectivity index (χ1n) is 10.1. The van der Waals surface area contributed by atoms with Gasteiger partial charge in [0, 0.05) is 36.3 Å². The molecule has 1 aliphatic heterocycles. The van der Waals surface area contributed by atoms with Crippen molar-refractivity contribution in [3.63, 3.8) is 0 Å². The predicted molar refractivity (Wildman–Crippen MR) is 120 cm³/mol. The molecular weight excluding hydrogens is 434 g/mol. The van der Waals surface area contributed by atoms with Gasteiger partial charge in [0.15, 0.2) is 0 Å². The number of nitrogens with one attached hydrogen (secondary N) is 1. The van der Waals surface area contributed by atoms with Gasteiger partial charge in [-0.25, -0.2) is 8.42 Å². The van der Waals surface area contributed by atoms with Gasteiger partial charge in [0.25, 0.3) is 0 Å². The lowest BCUT2D eigenvalue weighted by molar-refractivity contribution is 0.396. The zero-order valence-electron chi connectivity index (χ0n) is 16.9. The molecule has 1 fully saturated rings. The molecule has 7 nitrogen and oxygen atoms in total. The van der Waals surface area contributed by atoms with Crippen molar-refractivity contribution in [3.05, 3.63) is 66.1 Å². The fourth-order valence-electron chi connectivity index (χ4n) is 4.42. The Bertz CT molecular complexity index is 1330. The Hall–Kier alpha value is -2.68. The molecule has 2 atom stereocenters. The first kappa shape index (κ1) is 20.2. The highest BCUT2D eigenvalue weighted by molar-refractivity contribution is 7.89. The second-order valence-electron chi connectivity index (χ2n) is 8.04. The summed E-state index contributed by atoms with van der Waals surface area (Å²) in [7, 11) is -3.64. The first-order valence-corrected chi connectivity index (χ1v) is 12.0. The van der Waals surface area contributed by atoms with Crippen LogP contribution in [0.4, 0.5) is 0 Å². The van der Waals surface area contributed by atoms with Crippen LogP contribution in [0, 0.1) is 5.92 Å². The smallest absolute Gasteiger partial charge is 0.244 e. The number of fused-ring (bicyclic) bond motifs is 1. The highest BCUT2D eigenvalue weighted by atomic mass is 35.5. The van der Waals surface area contributed by atoms with Crippen LogP contribution in [0.25, 0.3) is 22.0 Å². The summed E-state index contributed by atoms with van der Waals surface area (Å²) in [5.41, 5.74) is 3.14. The van der Waals surface area contributed by atoms with Crippen molar-refractivity contribution < 1.29 is 8.42 Å². The summed E-state index contributed by atoms with van der Waals surface area (Å²) in [6.45, 7) is 3.06. The third kappa shape index (κ3) is 3.64. The van der Waals surface area contributed by atoms with Crippen molar-refractivity contribution in [2.24, 2.45) is 5.92 Å².